The van der Waals surface area contributed by atoms with Gasteiger partial charge in [0.2, 0.25) is 0 Å². The number of piperidine rings is 1. The van der Waals surface area contributed by atoms with E-state index in [2.05, 4.69) is 5.32 Å². The number of anilines is 1. The molecule has 29 heavy (non-hydrogen) atoms. The number of esters is 1. The van der Waals surface area contributed by atoms with E-state index < -0.39 is 17.0 Å². The third-order valence-electron chi connectivity index (χ3n) is 4.93. The summed E-state index contributed by atoms with van der Waals surface area (Å²) < 4.78 is 5.35. The quantitative estimate of drug-likeness (QED) is 0.422. The topological polar surface area (TPSA) is 102 Å². The lowest BCUT2D eigenvalue weighted by molar-refractivity contribution is -0.384. The van der Waals surface area contributed by atoms with Gasteiger partial charge in [-0.3, -0.25) is 19.7 Å². The summed E-state index contributed by atoms with van der Waals surface area (Å²) in [5.74, 6) is -1.04. The summed E-state index contributed by atoms with van der Waals surface area (Å²) in [6.07, 6.45) is 0.179. The van der Waals surface area contributed by atoms with Crippen molar-refractivity contribution in [2.45, 2.75) is 32.4 Å². The van der Waals surface area contributed by atoms with Crippen molar-refractivity contribution in [3.05, 3.63) is 56.8 Å². The second-order valence-electron chi connectivity index (χ2n) is 6.88. The second-order valence-corrected chi connectivity index (χ2v) is 7.92. The molecule has 1 aromatic heterocycles. The molecule has 1 fully saturated rings. The first kappa shape index (κ1) is 20.8. The van der Waals surface area contributed by atoms with Crippen molar-refractivity contribution in [1.82, 2.24) is 5.32 Å². The van der Waals surface area contributed by atoms with Gasteiger partial charge in [0, 0.05) is 24.0 Å². The van der Waals surface area contributed by atoms with Crippen LogP contribution in [0, 0.1) is 16.0 Å². The SMILES string of the molecule is C[C@@H](OC(=O)C1CCN(c2ccccc2[N+](=O)[O-])CC1)C(=O)NCc1cccs1. The molecule has 1 aromatic carbocycles. The van der Waals surface area contributed by atoms with Crippen LogP contribution in [-0.2, 0) is 20.9 Å². The molecule has 0 bridgehead atoms. The molecule has 1 atom stereocenters. The highest BCUT2D eigenvalue weighted by atomic mass is 32.1. The van der Waals surface area contributed by atoms with Gasteiger partial charge in [0.1, 0.15) is 5.69 Å². The van der Waals surface area contributed by atoms with Gasteiger partial charge in [-0.15, -0.1) is 11.3 Å². The van der Waals surface area contributed by atoms with Crippen LogP contribution in [0.25, 0.3) is 0 Å². The predicted octanol–water partition coefficient (Wildman–Crippen LogP) is 3.12. The zero-order chi connectivity index (χ0) is 20.8. The number of para-hydroxylation sites is 2. The number of ether oxygens (including phenoxy) is 1. The average Bonchev–Trinajstić information content (AvgIpc) is 3.25. The maximum atomic E-state index is 12.4. The van der Waals surface area contributed by atoms with Crippen LogP contribution in [-0.4, -0.2) is 36.0 Å². The molecule has 1 N–H and O–H groups in total. The molecule has 0 unspecified atom stereocenters. The lowest BCUT2D eigenvalue weighted by Gasteiger charge is -2.32. The van der Waals surface area contributed by atoms with E-state index in [0.717, 1.165) is 4.88 Å². The number of nitrogens with one attached hydrogen (secondary N) is 1. The normalized spacial score (nSPS) is 15.6. The van der Waals surface area contributed by atoms with Gasteiger partial charge in [0.25, 0.3) is 11.6 Å². The first-order valence-electron chi connectivity index (χ1n) is 9.44. The first-order valence-corrected chi connectivity index (χ1v) is 10.3. The van der Waals surface area contributed by atoms with Gasteiger partial charge in [-0.1, -0.05) is 18.2 Å². The smallest absolute Gasteiger partial charge is 0.309 e. The lowest BCUT2D eigenvalue weighted by atomic mass is 9.96. The molecule has 8 nitrogen and oxygen atoms in total. The Balaban J connectivity index is 1.48. The van der Waals surface area contributed by atoms with Crippen molar-refractivity contribution in [3.8, 4) is 0 Å². The number of rotatable bonds is 7. The molecule has 3 rings (SSSR count). The molecule has 2 heterocycles. The molecule has 1 aliphatic heterocycles. The van der Waals surface area contributed by atoms with Crippen LogP contribution < -0.4 is 10.2 Å². The molecule has 9 heteroatoms. The van der Waals surface area contributed by atoms with E-state index in [-0.39, 0.29) is 17.5 Å². The van der Waals surface area contributed by atoms with Crippen molar-refractivity contribution in [1.29, 1.82) is 0 Å². The zero-order valence-corrected chi connectivity index (χ0v) is 16.9. The van der Waals surface area contributed by atoms with Gasteiger partial charge in [-0.2, -0.15) is 0 Å². The van der Waals surface area contributed by atoms with Crippen molar-refractivity contribution in [2.24, 2.45) is 5.92 Å². The maximum Gasteiger partial charge on any atom is 0.309 e. The number of hydrogen-bond donors (Lipinski definition) is 1. The highest BCUT2D eigenvalue weighted by molar-refractivity contribution is 7.09. The summed E-state index contributed by atoms with van der Waals surface area (Å²) in [6.45, 7) is 3.00. The van der Waals surface area contributed by atoms with Crippen LogP contribution >= 0.6 is 11.3 Å². The molecule has 2 aromatic rings. The average molecular weight is 417 g/mol. The van der Waals surface area contributed by atoms with Gasteiger partial charge >= 0.3 is 5.97 Å². The molecule has 154 valence electrons. The number of hydrogen-bond acceptors (Lipinski definition) is 7. The third-order valence-corrected chi connectivity index (χ3v) is 5.80. The van der Waals surface area contributed by atoms with E-state index in [1.807, 2.05) is 22.4 Å². The van der Waals surface area contributed by atoms with Gasteiger partial charge in [0.05, 0.1) is 17.4 Å². The molecular formula is C20H23N3O5S. The van der Waals surface area contributed by atoms with Gasteiger partial charge < -0.3 is 15.0 Å². The van der Waals surface area contributed by atoms with Crippen molar-refractivity contribution < 1.29 is 19.2 Å². The molecule has 0 saturated carbocycles. The van der Waals surface area contributed by atoms with Crippen LogP contribution in [0.4, 0.5) is 11.4 Å². The Kier molecular flexibility index (Phi) is 6.82. The minimum atomic E-state index is -0.865. The fourth-order valence-corrected chi connectivity index (χ4v) is 3.94. The fourth-order valence-electron chi connectivity index (χ4n) is 3.30. The molecule has 1 amide bonds. The minimum Gasteiger partial charge on any atom is -0.452 e. The number of amides is 1. The van der Waals surface area contributed by atoms with E-state index in [1.54, 1.807) is 36.5 Å². The summed E-state index contributed by atoms with van der Waals surface area (Å²) in [5, 5.41) is 15.9. The van der Waals surface area contributed by atoms with Crippen molar-refractivity contribution in [2.75, 3.05) is 18.0 Å². The number of nitro benzene ring substituents is 1. The van der Waals surface area contributed by atoms with Crippen LogP contribution in [0.2, 0.25) is 0 Å². The lowest BCUT2D eigenvalue weighted by Crippen LogP contribution is -2.40. The standard InChI is InChI=1S/C20H23N3O5S/c1-14(19(24)21-13-16-5-4-12-29-16)28-20(25)15-8-10-22(11-9-15)17-6-2-3-7-18(17)23(26)27/h2-7,12,14-15H,8-11,13H2,1H3,(H,21,24)/t14-/m1/s1. The second kappa shape index (κ2) is 9.51. The van der Waals surface area contributed by atoms with Crippen LogP contribution in [0.3, 0.4) is 0 Å². The largest absolute Gasteiger partial charge is 0.452 e. The number of nitrogens with zero attached hydrogens (tertiary/aromatic N) is 2. The summed E-state index contributed by atoms with van der Waals surface area (Å²) in [4.78, 5) is 38.3. The van der Waals surface area contributed by atoms with Crippen LogP contribution in [0.5, 0.6) is 0 Å². The molecule has 0 spiro atoms. The summed E-state index contributed by atoms with van der Waals surface area (Å²) in [5.41, 5.74) is 0.621. The monoisotopic (exact) mass is 417 g/mol. The molecule has 0 aliphatic carbocycles. The number of carbonyl (C=O) groups is 2. The number of nitro groups is 1. The summed E-state index contributed by atoms with van der Waals surface area (Å²) in [6, 6.07) is 10.4. The van der Waals surface area contributed by atoms with Gasteiger partial charge in [-0.05, 0) is 37.3 Å². The highest BCUT2D eigenvalue weighted by Crippen LogP contribution is 2.31. The molecule has 1 saturated heterocycles. The van der Waals surface area contributed by atoms with Gasteiger partial charge in [0.15, 0.2) is 6.10 Å². The summed E-state index contributed by atoms with van der Waals surface area (Å²) >= 11 is 1.55. The number of thiophene rings is 1. The van der Waals surface area contributed by atoms with E-state index in [1.165, 1.54) is 6.07 Å². The third kappa shape index (κ3) is 5.32. The predicted molar refractivity (Wildman–Crippen MR) is 110 cm³/mol. The Morgan fingerprint density at radius 1 is 1.28 bits per heavy atom. The minimum absolute atomic E-state index is 0.0598. The number of carbonyl (C=O) groups excluding carboxylic acids is 2. The maximum absolute atomic E-state index is 12.4. The van der Waals surface area contributed by atoms with E-state index in [9.17, 15) is 19.7 Å². The molecule has 1 aliphatic rings. The zero-order valence-electron chi connectivity index (χ0n) is 16.1. The Labute approximate surface area is 172 Å². The Morgan fingerprint density at radius 2 is 2.00 bits per heavy atom. The fraction of sp³-hybridized carbons (Fsp3) is 0.400. The number of benzene rings is 1. The molecule has 0 radical (unpaired) electrons. The van der Waals surface area contributed by atoms with E-state index in [4.69, 9.17) is 4.74 Å². The van der Waals surface area contributed by atoms with Crippen molar-refractivity contribution >= 4 is 34.6 Å². The Morgan fingerprint density at radius 3 is 2.66 bits per heavy atom. The van der Waals surface area contributed by atoms with Gasteiger partial charge in [-0.25, -0.2) is 0 Å². The Bertz CT molecular complexity index is 863. The first-order chi connectivity index (χ1) is 14.0. The highest BCUT2D eigenvalue weighted by Gasteiger charge is 2.30. The Hall–Kier alpha value is -2.94. The molecular weight excluding hydrogens is 394 g/mol. The van der Waals surface area contributed by atoms with Crippen LogP contribution in [0.15, 0.2) is 41.8 Å². The van der Waals surface area contributed by atoms with E-state index in [0.29, 0.717) is 38.2 Å². The van der Waals surface area contributed by atoms with E-state index >= 15 is 0 Å². The summed E-state index contributed by atoms with van der Waals surface area (Å²) in [7, 11) is 0. The van der Waals surface area contributed by atoms with Crippen molar-refractivity contribution in [3.63, 3.8) is 0 Å². The van der Waals surface area contributed by atoms with Crippen LogP contribution in [0.1, 0.15) is 24.6 Å².